The predicted octanol–water partition coefficient (Wildman–Crippen LogP) is 0.649. The summed E-state index contributed by atoms with van der Waals surface area (Å²) in [6, 6.07) is 0. The number of fused-ring (bicyclic) bond motifs is 1. The van der Waals surface area contributed by atoms with Crippen molar-refractivity contribution in [1.82, 2.24) is 9.78 Å². The lowest BCUT2D eigenvalue weighted by atomic mass is 10.1. The van der Waals surface area contributed by atoms with Gasteiger partial charge >= 0.3 is 0 Å². The van der Waals surface area contributed by atoms with Crippen LogP contribution in [0.4, 0.5) is 5.69 Å². The highest BCUT2D eigenvalue weighted by molar-refractivity contribution is 6.28. The van der Waals surface area contributed by atoms with E-state index in [4.69, 9.17) is 0 Å². The molecule has 2 aliphatic rings. The summed E-state index contributed by atoms with van der Waals surface area (Å²) in [4.78, 5) is 24.3. The topological polar surface area (TPSA) is 55.2 Å². The van der Waals surface area contributed by atoms with Gasteiger partial charge in [0.2, 0.25) is 0 Å². The van der Waals surface area contributed by atoms with Crippen molar-refractivity contribution in [1.29, 1.82) is 0 Å². The molecule has 82 valence electrons. The maximum atomic E-state index is 11.6. The van der Waals surface area contributed by atoms with Crippen molar-refractivity contribution in [2.24, 2.45) is 0 Å². The number of aryl methyl sites for hydroxylation is 1. The normalized spacial score (nSPS) is 19.4. The van der Waals surface area contributed by atoms with E-state index in [2.05, 4.69) is 5.10 Å². The van der Waals surface area contributed by atoms with Gasteiger partial charge in [-0.15, -0.1) is 0 Å². The van der Waals surface area contributed by atoms with Crippen molar-refractivity contribution >= 4 is 17.5 Å². The second-order valence-electron chi connectivity index (χ2n) is 4.00. The molecule has 0 aromatic carbocycles. The molecule has 0 fully saturated rings. The van der Waals surface area contributed by atoms with E-state index in [0.717, 1.165) is 31.5 Å². The summed E-state index contributed by atoms with van der Waals surface area (Å²) in [7, 11) is 0. The number of rotatable bonds is 1. The van der Waals surface area contributed by atoms with Crippen LogP contribution in [-0.4, -0.2) is 21.6 Å². The van der Waals surface area contributed by atoms with E-state index in [1.807, 2.05) is 4.68 Å². The Balaban J connectivity index is 2.04. The molecule has 0 saturated carbocycles. The summed E-state index contributed by atoms with van der Waals surface area (Å²) in [5.41, 5.74) is 1.65. The zero-order valence-corrected chi connectivity index (χ0v) is 8.72. The van der Waals surface area contributed by atoms with Crippen LogP contribution < -0.4 is 4.90 Å². The fraction of sp³-hybridized carbons (Fsp3) is 0.364. The summed E-state index contributed by atoms with van der Waals surface area (Å²) >= 11 is 0. The number of imide groups is 1. The molecule has 0 unspecified atom stereocenters. The summed E-state index contributed by atoms with van der Waals surface area (Å²) in [5.74, 6) is -0.544. The highest BCUT2D eigenvalue weighted by Gasteiger charge is 2.29. The van der Waals surface area contributed by atoms with Crippen LogP contribution in [0.15, 0.2) is 18.3 Å². The van der Waals surface area contributed by atoms with Gasteiger partial charge < -0.3 is 0 Å². The molecule has 0 N–H and O–H groups in total. The molecule has 1 aromatic rings. The molecule has 0 atom stereocenters. The van der Waals surface area contributed by atoms with Crippen LogP contribution in [0.5, 0.6) is 0 Å². The molecule has 5 heteroatoms. The number of nitrogens with zero attached hydrogens (tertiary/aromatic N) is 3. The van der Waals surface area contributed by atoms with Crippen molar-refractivity contribution in [3.05, 3.63) is 24.0 Å². The molecule has 0 radical (unpaired) electrons. The van der Waals surface area contributed by atoms with E-state index in [1.54, 1.807) is 6.20 Å². The summed E-state index contributed by atoms with van der Waals surface area (Å²) in [6.45, 7) is 0.874. The third-order valence-corrected chi connectivity index (χ3v) is 3.01. The minimum absolute atomic E-state index is 0.272. The fourth-order valence-electron chi connectivity index (χ4n) is 2.23. The SMILES string of the molecule is O=C1C=CC(=O)N1c1cnn2c1CCCC2. The largest absolute Gasteiger partial charge is 0.269 e. The number of aromatic nitrogens is 2. The van der Waals surface area contributed by atoms with E-state index < -0.39 is 0 Å². The van der Waals surface area contributed by atoms with Crippen molar-refractivity contribution in [3.63, 3.8) is 0 Å². The van der Waals surface area contributed by atoms with Gasteiger partial charge in [-0.3, -0.25) is 14.3 Å². The first-order valence-electron chi connectivity index (χ1n) is 5.38. The maximum absolute atomic E-state index is 11.6. The first-order valence-corrected chi connectivity index (χ1v) is 5.38. The van der Waals surface area contributed by atoms with Gasteiger partial charge in [0.15, 0.2) is 0 Å². The second kappa shape index (κ2) is 3.30. The minimum atomic E-state index is -0.272. The Hall–Kier alpha value is -1.91. The fourth-order valence-corrected chi connectivity index (χ4v) is 2.23. The van der Waals surface area contributed by atoms with Gasteiger partial charge in [-0.1, -0.05) is 0 Å². The number of amides is 2. The number of carbonyl (C=O) groups excluding carboxylic acids is 2. The van der Waals surface area contributed by atoms with Crippen molar-refractivity contribution < 1.29 is 9.59 Å². The first-order chi connectivity index (χ1) is 7.77. The van der Waals surface area contributed by atoms with Crippen molar-refractivity contribution in [2.45, 2.75) is 25.8 Å². The second-order valence-corrected chi connectivity index (χ2v) is 4.00. The van der Waals surface area contributed by atoms with Crippen LogP contribution in [0.3, 0.4) is 0 Å². The van der Waals surface area contributed by atoms with Gasteiger partial charge in [0.05, 0.1) is 17.6 Å². The lowest BCUT2D eigenvalue weighted by molar-refractivity contribution is -0.120. The lowest BCUT2D eigenvalue weighted by Crippen LogP contribution is -2.30. The van der Waals surface area contributed by atoms with Crippen LogP contribution in [0, 0.1) is 0 Å². The monoisotopic (exact) mass is 217 g/mol. The molecule has 1 aromatic heterocycles. The lowest BCUT2D eigenvalue weighted by Gasteiger charge is -2.18. The van der Waals surface area contributed by atoms with Crippen LogP contribution in [0.1, 0.15) is 18.5 Å². The standard InChI is InChI=1S/C11H11N3O2/c15-10-4-5-11(16)14(10)9-7-12-13-6-2-1-3-8(9)13/h4-5,7H,1-3,6H2. The first kappa shape index (κ1) is 9.33. The number of hydrogen-bond acceptors (Lipinski definition) is 3. The quantitative estimate of drug-likeness (QED) is 0.649. The summed E-state index contributed by atoms with van der Waals surface area (Å²) in [5, 5.41) is 4.21. The number of hydrogen-bond donors (Lipinski definition) is 0. The summed E-state index contributed by atoms with van der Waals surface area (Å²) < 4.78 is 1.89. The van der Waals surface area contributed by atoms with Crippen LogP contribution in [-0.2, 0) is 22.6 Å². The molecule has 0 bridgehead atoms. The Labute approximate surface area is 92.3 Å². The molecule has 0 saturated heterocycles. The average Bonchev–Trinajstić information content (AvgIpc) is 2.83. The van der Waals surface area contributed by atoms with E-state index >= 15 is 0 Å². The highest BCUT2D eigenvalue weighted by Crippen LogP contribution is 2.27. The van der Waals surface area contributed by atoms with Crippen molar-refractivity contribution in [3.8, 4) is 0 Å². The Morgan fingerprint density at radius 1 is 1.12 bits per heavy atom. The third-order valence-electron chi connectivity index (χ3n) is 3.01. The number of anilines is 1. The molecule has 3 heterocycles. The molecule has 5 nitrogen and oxygen atoms in total. The van der Waals surface area contributed by atoms with Gasteiger partial charge in [-0.2, -0.15) is 5.10 Å². The third kappa shape index (κ3) is 1.21. The van der Waals surface area contributed by atoms with Gasteiger partial charge in [-0.05, 0) is 19.3 Å². The Morgan fingerprint density at radius 2 is 1.88 bits per heavy atom. The summed E-state index contributed by atoms with van der Waals surface area (Å²) in [6.07, 6.45) is 7.29. The van der Waals surface area contributed by atoms with E-state index in [1.165, 1.54) is 17.1 Å². The Kier molecular flexibility index (Phi) is 1.92. The predicted molar refractivity (Wildman–Crippen MR) is 56.8 cm³/mol. The van der Waals surface area contributed by atoms with Gasteiger partial charge in [0, 0.05) is 18.7 Å². The molecule has 2 amide bonds. The molecular weight excluding hydrogens is 206 g/mol. The Bertz CT molecular complexity index is 483. The molecule has 0 spiro atoms. The zero-order chi connectivity index (χ0) is 11.1. The van der Waals surface area contributed by atoms with Gasteiger partial charge in [0.1, 0.15) is 0 Å². The van der Waals surface area contributed by atoms with E-state index in [0.29, 0.717) is 5.69 Å². The van der Waals surface area contributed by atoms with Gasteiger partial charge in [0.25, 0.3) is 11.8 Å². The molecule has 2 aliphatic heterocycles. The van der Waals surface area contributed by atoms with E-state index in [9.17, 15) is 9.59 Å². The van der Waals surface area contributed by atoms with Crippen molar-refractivity contribution in [2.75, 3.05) is 4.90 Å². The number of carbonyl (C=O) groups is 2. The van der Waals surface area contributed by atoms with E-state index in [-0.39, 0.29) is 11.8 Å². The van der Waals surface area contributed by atoms with Crippen LogP contribution in [0.25, 0.3) is 0 Å². The van der Waals surface area contributed by atoms with Crippen LogP contribution >= 0.6 is 0 Å². The average molecular weight is 217 g/mol. The highest BCUT2D eigenvalue weighted by atomic mass is 16.2. The molecule has 3 rings (SSSR count). The smallest absolute Gasteiger partial charge is 0.258 e. The maximum Gasteiger partial charge on any atom is 0.258 e. The van der Waals surface area contributed by atoms with Gasteiger partial charge in [-0.25, -0.2) is 4.90 Å². The zero-order valence-electron chi connectivity index (χ0n) is 8.72. The molecule has 16 heavy (non-hydrogen) atoms. The Morgan fingerprint density at radius 3 is 2.62 bits per heavy atom. The minimum Gasteiger partial charge on any atom is -0.269 e. The van der Waals surface area contributed by atoms with Crippen LogP contribution in [0.2, 0.25) is 0 Å². The molecular formula is C11H11N3O2. The molecule has 0 aliphatic carbocycles.